The zero-order valence-corrected chi connectivity index (χ0v) is 13.1. The predicted molar refractivity (Wildman–Crippen MR) is 95.3 cm³/mol. The number of rotatable bonds is 3. The van der Waals surface area contributed by atoms with Crippen LogP contribution >= 0.6 is 0 Å². The Kier molecular flexibility index (Phi) is 3.67. The summed E-state index contributed by atoms with van der Waals surface area (Å²) in [6.45, 7) is 0. The maximum atomic E-state index is 10.8. The first-order valence-corrected chi connectivity index (χ1v) is 7.71. The highest BCUT2D eigenvalue weighted by Crippen LogP contribution is 2.24. The van der Waals surface area contributed by atoms with E-state index >= 15 is 0 Å². The molecule has 4 rings (SSSR count). The summed E-state index contributed by atoms with van der Waals surface area (Å²) in [4.78, 5) is 24.1. The van der Waals surface area contributed by atoms with Crippen LogP contribution in [-0.4, -0.2) is 26.3 Å². The highest BCUT2D eigenvalue weighted by molar-refractivity contribution is 5.82. The van der Waals surface area contributed by atoms with Gasteiger partial charge in [0.2, 0.25) is 0 Å². The fourth-order valence-corrected chi connectivity index (χ4v) is 2.58. The average Bonchev–Trinajstić information content (AvgIpc) is 2.68. The Bertz CT molecular complexity index is 1060. The Morgan fingerprint density at radius 1 is 0.760 bits per heavy atom. The zero-order chi connectivity index (χ0) is 17.2. The lowest BCUT2D eigenvalue weighted by Crippen LogP contribution is -1.92. The van der Waals surface area contributed by atoms with Crippen LogP contribution in [0.4, 0.5) is 0 Å². The molecule has 2 aromatic heterocycles. The van der Waals surface area contributed by atoms with Gasteiger partial charge < -0.3 is 5.11 Å². The van der Waals surface area contributed by atoms with Gasteiger partial charge in [0, 0.05) is 22.9 Å². The molecule has 25 heavy (non-hydrogen) atoms. The molecule has 5 heteroatoms. The van der Waals surface area contributed by atoms with Crippen molar-refractivity contribution in [3.05, 3.63) is 72.6 Å². The van der Waals surface area contributed by atoms with E-state index in [1.807, 2.05) is 18.2 Å². The van der Waals surface area contributed by atoms with Crippen molar-refractivity contribution in [3.63, 3.8) is 0 Å². The lowest BCUT2D eigenvalue weighted by Gasteiger charge is -2.05. The number of aromatic hydroxyl groups is 1. The van der Waals surface area contributed by atoms with E-state index in [9.17, 15) is 9.90 Å². The van der Waals surface area contributed by atoms with E-state index in [1.165, 1.54) is 0 Å². The summed E-state index contributed by atoms with van der Waals surface area (Å²) in [5.41, 5.74) is 4.77. The topological polar surface area (TPSA) is 76.0 Å². The number of nitrogens with zero attached hydrogens (tertiary/aromatic N) is 3. The molecule has 0 aliphatic carbocycles. The zero-order valence-electron chi connectivity index (χ0n) is 13.1. The van der Waals surface area contributed by atoms with Gasteiger partial charge in [0.1, 0.15) is 17.6 Å². The lowest BCUT2D eigenvalue weighted by atomic mass is 10.1. The van der Waals surface area contributed by atoms with E-state index in [0.717, 1.165) is 28.5 Å². The number of hydrogen-bond donors (Lipinski definition) is 1. The number of benzene rings is 2. The largest absolute Gasteiger partial charge is 0.508 e. The maximum Gasteiger partial charge on any atom is 0.159 e. The van der Waals surface area contributed by atoms with Crippen LogP contribution in [-0.2, 0) is 0 Å². The van der Waals surface area contributed by atoms with Gasteiger partial charge in [-0.15, -0.1) is 0 Å². The van der Waals surface area contributed by atoms with Crippen molar-refractivity contribution in [2.24, 2.45) is 0 Å². The normalized spacial score (nSPS) is 10.7. The molecule has 4 aromatic rings. The number of carbonyl (C=O) groups is 1. The average molecular weight is 327 g/mol. The molecule has 0 spiro atoms. The van der Waals surface area contributed by atoms with Gasteiger partial charge in [-0.2, -0.15) is 0 Å². The van der Waals surface area contributed by atoms with Crippen LogP contribution in [0.15, 0.2) is 67.0 Å². The number of aromatic nitrogens is 3. The van der Waals surface area contributed by atoms with Crippen LogP contribution in [0.25, 0.3) is 33.5 Å². The highest BCUT2D eigenvalue weighted by atomic mass is 16.3. The Morgan fingerprint density at radius 2 is 1.48 bits per heavy atom. The number of fused-ring (bicyclic) bond motifs is 1. The second-order valence-corrected chi connectivity index (χ2v) is 5.61. The summed E-state index contributed by atoms with van der Waals surface area (Å²) < 4.78 is 0. The smallest absolute Gasteiger partial charge is 0.159 e. The van der Waals surface area contributed by atoms with Crippen molar-refractivity contribution in [1.82, 2.24) is 15.0 Å². The molecule has 0 aliphatic heterocycles. The van der Waals surface area contributed by atoms with Gasteiger partial charge in [0.05, 0.1) is 11.7 Å². The Labute approximate surface area is 143 Å². The minimum atomic E-state index is 0.201. The summed E-state index contributed by atoms with van der Waals surface area (Å²) >= 11 is 0. The molecule has 0 aliphatic rings. The van der Waals surface area contributed by atoms with Crippen molar-refractivity contribution >= 4 is 17.3 Å². The standard InChI is InChI=1S/C20H13N3O2/c24-12-13-1-3-14(4-2-13)16-9-18-19(21-10-16)11-22-20(23-18)15-5-7-17(25)8-6-15/h1-12,25H. The third kappa shape index (κ3) is 2.95. The lowest BCUT2D eigenvalue weighted by molar-refractivity contribution is 0.112. The van der Waals surface area contributed by atoms with Gasteiger partial charge in [-0.25, -0.2) is 9.97 Å². The number of phenols is 1. The second kappa shape index (κ2) is 6.13. The molecule has 1 N–H and O–H groups in total. The van der Waals surface area contributed by atoms with Crippen molar-refractivity contribution in [2.45, 2.75) is 0 Å². The third-order valence-corrected chi connectivity index (χ3v) is 3.94. The summed E-state index contributed by atoms with van der Waals surface area (Å²) in [6, 6.07) is 16.0. The SMILES string of the molecule is O=Cc1ccc(-c2cnc3cnc(-c4ccc(O)cc4)nc3c2)cc1. The minimum absolute atomic E-state index is 0.201. The van der Waals surface area contributed by atoms with Crippen LogP contribution in [0, 0.1) is 0 Å². The molecular weight excluding hydrogens is 314 g/mol. The fourth-order valence-electron chi connectivity index (χ4n) is 2.58. The number of phenolic OH excluding ortho intramolecular Hbond substituents is 1. The molecule has 120 valence electrons. The molecule has 5 nitrogen and oxygen atoms in total. The molecule has 2 aromatic carbocycles. The van der Waals surface area contributed by atoms with E-state index in [2.05, 4.69) is 15.0 Å². The van der Waals surface area contributed by atoms with Crippen LogP contribution < -0.4 is 0 Å². The monoisotopic (exact) mass is 327 g/mol. The fraction of sp³-hybridized carbons (Fsp3) is 0. The van der Waals surface area contributed by atoms with E-state index in [4.69, 9.17) is 0 Å². The van der Waals surface area contributed by atoms with E-state index in [0.29, 0.717) is 16.9 Å². The number of aldehydes is 1. The van der Waals surface area contributed by atoms with Crippen molar-refractivity contribution in [1.29, 1.82) is 0 Å². The Balaban J connectivity index is 1.78. The van der Waals surface area contributed by atoms with Crippen LogP contribution in [0.2, 0.25) is 0 Å². The van der Waals surface area contributed by atoms with Crippen molar-refractivity contribution in [3.8, 4) is 28.3 Å². The van der Waals surface area contributed by atoms with Gasteiger partial charge in [0.15, 0.2) is 5.82 Å². The number of carbonyl (C=O) groups excluding carboxylic acids is 1. The molecule has 0 atom stereocenters. The molecule has 2 heterocycles. The predicted octanol–water partition coefficient (Wildman–Crippen LogP) is 3.88. The van der Waals surface area contributed by atoms with Gasteiger partial charge in [-0.05, 0) is 35.9 Å². The first kappa shape index (κ1) is 15.0. The summed E-state index contributed by atoms with van der Waals surface area (Å²) in [6.07, 6.45) is 4.27. The van der Waals surface area contributed by atoms with Gasteiger partial charge in [0.25, 0.3) is 0 Å². The van der Waals surface area contributed by atoms with Crippen molar-refractivity contribution < 1.29 is 9.90 Å². The minimum Gasteiger partial charge on any atom is -0.508 e. The summed E-state index contributed by atoms with van der Waals surface area (Å²) in [7, 11) is 0. The van der Waals surface area contributed by atoms with E-state index in [-0.39, 0.29) is 5.75 Å². The first-order valence-electron chi connectivity index (χ1n) is 7.71. The second-order valence-electron chi connectivity index (χ2n) is 5.61. The van der Waals surface area contributed by atoms with E-state index in [1.54, 1.807) is 48.8 Å². The van der Waals surface area contributed by atoms with Gasteiger partial charge in [-0.1, -0.05) is 24.3 Å². The Morgan fingerprint density at radius 3 is 2.20 bits per heavy atom. The molecule has 0 fully saturated rings. The maximum absolute atomic E-state index is 10.8. The molecule has 0 saturated heterocycles. The van der Waals surface area contributed by atoms with Crippen molar-refractivity contribution in [2.75, 3.05) is 0 Å². The van der Waals surface area contributed by atoms with Gasteiger partial charge in [-0.3, -0.25) is 9.78 Å². The molecule has 0 bridgehead atoms. The highest BCUT2D eigenvalue weighted by Gasteiger charge is 2.06. The summed E-state index contributed by atoms with van der Waals surface area (Å²) in [5, 5.41) is 9.40. The number of pyridine rings is 1. The Hall–Kier alpha value is -3.60. The molecule has 0 saturated carbocycles. The molecule has 0 amide bonds. The van der Waals surface area contributed by atoms with Crippen LogP contribution in [0.5, 0.6) is 5.75 Å². The van der Waals surface area contributed by atoms with Gasteiger partial charge >= 0.3 is 0 Å². The number of hydrogen-bond acceptors (Lipinski definition) is 5. The molecule has 0 radical (unpaired) electrons. The van der Waals surface area contributed by atoms with Crippen LogP contribution in [0.1, 0.15) is 10.4 Å². The summed E-state index contributed by atoms with van der Waals surface area (Å²) in [5.74, 6) is 0.773. The third-order valence-electron chi connectivity index (χ3n) is 3.94. The first-order chi connectivity index (χ1) is 12.2. The molecule has 0 unspecified atom stereocenters. The quantitative estimate of drug-likeness (QED) is 0.578. The van der Waals surface area contributed by atoms with Crippen LogP contribution in [0.3, 0.4) is 0 Å². The van der Waals surface area contributed by atoms with E-state index < -0.39 is 0 Å². The molecular formula is C20H13N3O2.